The molecular formula is C23H18N2. The molecule has 0 atom stereocenters. The van der Waals surface area contributed by atoms with Gasteiger partial charge < -0.3 is 0 Å². The minimum absolute atomic E-state index is 0.707. The van der Waals surface area contributed by atoms with Gasteiger partial charge in [-0.3, -0.25) is 0 Å². The number of fused-ring (bicyclic) bond motifs is 2. The van der Waals surface area contributed by atoms with E-state index in [0.29, 0.717) is 5.70 Å². The quantitative estimate of drug-likeness (QED) is 0.410. The monoisotopic (exact) mass is 322 g/mol. The molecule has 0 aromatic heterocycles. The van der Waals surface area contributed by atoms with Crippen molar-refractivity contribution in [2.24, 2.45) is 5.11 Å². The minimum Gasteiger partial charge on any atom is -0.204 e. The van der Waals surface area contributed by atoms with Crippen molar-refractivity contribution in [3.05, 3.63) is 102 Å². The second kappa shape index (κ2) is 6.70. The molecule has 4 aromatic carbocycles. The summed E-state index contributed by atoms with van der Waals surface area (Å²) in [6.07, 6.45) is 2.79. The van der Waals surface area contributed by atoms with Crippen molar-refractivity contribution in [2.75, 3.05) is 0 Å². The zero-order chi connectivity index (χ0) is 17.1. The summed E-state index contributed by atoms with van der Waals surface area (Å²) < 4.78 is 0. The van der Waals surface area contributed by atoms with E-state index in [1.165, 1.54) is 27.1 Å². The van der Waals surface area contributed by atoms with Crippen molar-refractivity contribution < 1.29 is 0 Å². The molecule has 0 saturated heterocycles. The largest absolute Gasteiger partial charge is 0.204 e. The summed E-state index contributed by atoms with van der Waals surface area (Å²) in [4.78, 5) is 0. The number of hydrogen-bond acceptors (Lipinski definition) is 2. The van der Waals surface area contributed by atoms with Crippen molar-refractivity contribution in [2.45, 2.75) is 6.42 Å². The number of hydrogen-bond donors (Lipinski definition) is 1. The highest BCUT2D eigenvalue weighted by Crippen LogP contribution is 2.23. The SMILES string of the molecule is N=N/C(=C\Cc1ccc2ccccc2c1)c1ccc2ccccc2c1. The van der Waals surface area contributed by atoms with E-state index in [0.717, 1.165) is 12.0 Å². The fraction of sp³-hybridized carbons (Fsp3) is 0.0435. The number of benzene rings is 4. The molecular weight excluding hydrogens is 304 g/mol. The van der Waals surface area contributed by atoms with Gasteiger partial charge in [-0.15, -0.1) is 0 Å². The number of allylic oxidation sites excluding steroid dienone is 1. The summed E-state index contributed by atoms with van der Waals surface area (Å²) in [5.41, 5.74) is 10.5. The molecule has 0 unspecified atom stereocenters. The van der Waals surface area contributed by atoms with Crippen molar-refractivity contribution in [3.8, 4) is 0 Å². The zero-order valence-electron chi connectivity index (χ0n) is 13.8. The van der Waals surface area contributed by atoms with Gasteiger partial charge in [-0.05, 0) is 39.6 Å². The summed E-state index contributed by atoms with van der Waals surface area (Å²) in [6, 6.07) is 29.3. The first kappa shape index (κ1) is 15.3. The maximum Gasteiger partial charge on any atom is 0.0886 e. The normalized spacial score (nSPS) is 11.8. The highest BCUT2D eigenvalue weighted by atomic mass is 15.0. The third-order valence-corrected chi connectivity index (χ3v) is 4.51. The molecule has 0 fully saturated rings. The lowest BCUT2D eigenvalue weighted by molar-refractivity contribution is 1.14. The van der Waals surface area contributed by atoms with Crippen molar-refractivity contribution in [1.29, 1.82) is 5.53 Å². The molecule has 4 aromatic rings. The van der Waals surface area contributed by atoms with Crippen molar-refractivity contribution in [1.82, 2.24) is 0 Å². The van der Waals surface area contributed by atoms with Crippen LogP contribution in [-0.4, -0.2) is 0 Å². The predicted molar refractivity (Wildman–Crippen MR) is 105 cm³/mol. The molecule has 2 nitrogen and oxygen atoms in total. The average molecular weight is 322 g/mol. The van der Waals surface area contributed by atoms with Gasteiger partial charge in [0.25, 0.3) is 0 Å². The molecule has 2 heteroatoms. The van der Waals surface area contributed by atoms with Gasteiger partial charge in [-0.1, -0.05) is 84.9 Å². The van der Waals surface area contributed by atoms with E-state index in [1.807, 2.05) is 24.3 Å². The topological polar surface area (TPSA) is 36.2 Å². The van der Waals surface area contributed by atoms with Gasteiger partial charge >= 0.3 is 0 Å². The molecule has 0 spiro atoms. The van der Waals surface area contributed by atoms with Crippen LogP contribution in [0.1, 0.15) is 11.1 Å². The van der Waals surface area contributed by atoms with Crippen LogP contribution in [0.25, 0.3) is 27.2 Å². The zero-order valence-corrected chi connectivity index (χ0v) is 13.8. The molecule has 0 saturated carbocycles. The Kier molecular flexibility index (Phi) is 4.09. The fourth-order valence-electron chi connectivity index (χ4n) is 3.16. The highest BCUT2D eigenvalue weighted by Gasteiger charge is 2.03. The van der Waals surface area contributed by atoms with Crippen LogP contribution in [0.3, 0.4) is 0 Å². The van der Waals surface area contributed by atoms with Crippen molar-refractivity contribution in [3.63, 3.8) is 0 Å². The number of rotatable bonds is 4. The van der Waals surface area contributed by atoms with Gasteiger partial charge in [0.2, 0.25) is 0 Å². The average Bonchev–Trinajstić information content (AvgIpc) is 2.68. The van der Waals surface area contributed by atoms with Crippen LogP contribution in [0, 0.1) is 5.53 Å². The Balaban J connectivity index is 1.65. The maximum atomic E-state index is 7.56. The third-order valence-electron chi connectivity index (χ3n) is 4.51. The predicted octanol–water partition coefficient (Wildman–Crippen LogP) is 6.61. The van der Waals surface area contributed by atoms with E-state index in [9.17, 15) is 0 Å². The Morgan fingerprint density at radius 1 is 0.720 bits per heavy atom. The molecule has 0 aliphatic carbocycles. The Hall–Kier alpha value is -3.26. The first-order chi connectivity index (χ1) is 12.3. The van der Waals surface area contributed by atoms with Crippen LogP contribution in [0.2, 0.25) is 0 Å². The van der Waals surface area contributed by atoms with Gasteiger partial charge in [-0.2, -0.15) is 5.11 Å². The first-order valence-electron chi connectivity index (χ1n) is 8.38. The van der Waals surface area contributed by atoms with Gasteiger partial charge in [0, 0.05) is 5.56 Å². The lowest BCUT2D eigenvalue weighted by Crippen LogP contribution is -1.86. The van der Waals surface area contributed by atoms with Crippen LogP contribution in [0.15, 0.2) is 96.1 Å². The summed E-state index contributed by atoms with van der Waals surface area (Å²) >= 11 is 0. The van der Waals surface area contributed by atoms with Gasteiger partial charge in [0.05, 0.1) is 5.70 Å². The molecule has 0 aliphatic heterocycles. The summed E-state index contributed by atoms with van der Waals surface area (Å²) in [7, 11) is 0. The lowest BCUT2D eigenvalue weighted by Gasteiger charge is -2.05. The van der Waals surface area contributed by atoms with E-state index < -0.39 is 0 Å². The smallest absolute Gasteiger partial charge is 0.0886 e. The molecule has 0 amide bonds. The van der Waals surface area contributed by atoms with E-state index in [-0.39, 0.29) is 0 Å². The Bertz CT molecular complexity index is 1090. The van der Waals surface area contributed by atoms with Gasteiger partial charge in [-0.25, -0.2) is 5.53 Å². The van der Waals surface area contributed by atoms with Crippen molar-refractivity contribution >= 4 is 27.2 Å². The molecule has 0 radical (unpaired) electrons. The summed E-state index contributed by atoms with van der Waals surface area (Å²) in [6.45, 7) is 0. The molecule has 120 valence electrons. The summed E-state index contributed by atoms with van der Waals surface area (Å²) in [5, 5.41) is 8.60. The van der Waals surface area contributed by atoms with E-state index in [2.05, 4.69) is 71.8 Å². The molecule has 1 N–H and O–H groups in total. The standard InChI is InChI=1S/C23H18N2/c24-25-23(22-13-12-19-6-2-4-8-21(19)16-22)14-10-17-9-11-18-5-1-3-7-20(18)15-17/h1-9,11-16,24H,10H2/b23-14-,25-24?. The maximum absolute atomic E-state index is 7.56. The van der Waals surface area contributed by atoms with E-state index in [4.69, 9.17) is 5.53 Å². The van der Waals surface area contributed by atoms with E-state index >= 15 is 0 Å². The Morgan fingerprint density at radius 2 is 1.32 bits per heavy atom. The first-order valence-corrected chi connectivity index (χ1v) is 8.38. The Labute approximate surface area is 146 Å². The number of nitrogens with one attached hydrogen (secondary N) is 1. The van der Waals surface area contributed by atoms with Crippen LogP contribution >= 0.6 is 0 Å². The molecule has 4 rings (SSSR count). The molecule has 0 aliphatic rings. The van der Waals surface area contributed by atoms with Crippen LogP contribution in [0.4, 0.5) is 0 Å². The number of nitrogens with zero attached hydrogens (tertiary/aromatic N) is 1. The van der Waals surface area contributed by atoms with E-state index in [1.54, 1.807) is 0 Å². The fourth-order valence-corrected chi connectivity index (χ4v) is 3.16. The summed E-state index contributed by atoms with van der Waals surface area (Å²) in [5.74, 6) is 0. The molecule has 0 heterocycles. The molecule has 25 heavy (non-hydrogen) atoms. The minimum atomic E-state index is 0.707. The third kappa shape index (κ3) is 3.20. The van der Waals surface area contributed by atoms with Crippen LogP contribution in [-0.2, 0) is 6.42 Å². The second-order valence-electron chi connectivity index (χ2n) is 6.15. The van der Waals surface area contributed by atoms with Gasteiger partial charge in [0.1, 0.15) is 0 Å². The highest BCUT2D eigenvalue weighted by molar-refractivity contribution is 5.86. The lowest BCUT2D eigenvalue weighted by atomic mass is 10.0. The second-order valence-corrected chi connectivity index (χ2v) is 6.15. The Morgan fingerprint density at radius 3 is 2.00 bits per heavy atom. The molecule has 0 bridgehead atoms. The van der Waals surface area contributed by atoms with Gasteiger partial charge in [0.15, 0.2) is 0 Å². The van der Waals surface area contributed by atoms with Crippen LogP contribution in [0.5, 0.6) is 0 Å². The van der Waals surface area contributed by atoms with Crippen LogP contribution < -0.4 is 0 Å².